The maximum atomic E-state index is 13.9. The number of nitrogen functional groups attached to an aromatic ring is 2. The minimum Gasteiger partial charge on any atom is -0.383 e. The summed E-state index contributed by atoms with van der Waals surface area (Å²) < 4.78 is 32.0. The van der Waals surface area contributed by atoms with Crippen LogP contribution in [0.4, 0.5) is 17.5 Å². The van der Waals surface area contributed by atoms with E-state index in [1.54, 1.807) is 16.3 Å². The Morgan fingerprint density at radius 1 is 1.00 bits per heavy atom. The van der Waals surface area contributed by atoms with Crippen molar-refractivity contribution in [1.29, 1.82) is 0 Å². The number of nitrogens with zero attached hydrogens (tertiary/aromatic N) is 5. The van der Waals surface area contributed by atoms with Crippen molar-refractivity contribution in [2.45, 2.75) is 17.4 Å². The summed E-state index contributed by atoms with van der Waals surface area (Å²) in [6.07, 6.45) is 2.18. The van der Waals surface area contributed by atoms with E-state index in [9.17, 15) is 8.42 Å². The molecule has 1 aliphatic rings. The molecule has 0 amide bonds. The lowest BCUT2D eigenvalue weighted by Crippen LogP contribution is -2.41. The summed E-state index contributed by atoms with van der Waals surface area (Å²) in [5.41, 5.74) is 13.9. The highest BCUT2D eigenvalue weighted by Gasteiger charge is 2.36. The lowest BCUT2D eigenvalue weighted by molar-refractivity contribution is 0.456. The number of sulfonamides is 1. The van der Waals surface area contributed by atoms with Crippen LogP contribution in [-0.2, 0) is 16.4 Å². The van der Waals surface area contributed by atoms with Gasteiger partial charge in [0.2, 0.25) is 5.95 Å². The highest BCUT2D eigenvalue weighted by atomic mass is 32.2. The van der Waals surface area contributed by atoms with Gasteiger partial charge in [-0.05, 0) is 24.1 Å². The second kappa shape index (κ2) is 7.15. The Morgan fingerprint density at radius 3 is 2.67 bits per heavy atom. The number of hydrogen-bond donors (Lipinski definition) is 2. The molecule has 0 aliphatic carbocycles. The summed E-state index contributed by atoms with van der Waals surface area (Å²) in [6, 6.07) is 14.8. The average Bonchev–Trinajstić information content (AvgIpc) is 3.43. The van der Waals surface area contributed by atoms with E-state index in [0.29, 0.717) is 28.0 Å². The van der Waals surface area contributed by atoms with Gasteiger partial charge in [-0.1, -0.05) is 36.4 Å². The number of benzene rings is 2. The molecular formula is C22H19N7O2S2. The van der Waals surface area contributed by atoms with Crippen molar-refractivity contribution >= 4 is 59.9 Å². The molecule has 1 atom stereocenters. The molecule has 1 unspecified atom stereocenters. The number of rotatable bonds is 3. The molecule has 9 nitrogen and oxygen atoms in total. The summed E-state index contributed by atoms with van der Waals surface area (Å²) in [5, 5.41) is 7.50. The normalized spacial score (nSPS) is 16.4. The predicted octanol–water partition coefficient (Wildman–Crippen LogP) is 3.20. The summed E-state index contributed by atoms with van der Waals surface area (Å²) in [4.78, 5) is 8.63. The van der Waals surface area contributed by atoms with Gasteiger partial charge in [0.1, 0.15) is 10.7 Å². The molecule has 4 heterocycles. The first-order valence-corrected chi connectivity index (χ1v) is 12.6. The van der Waals surface area contributed by atoms with Crippen molar-refractivity contribution in [3.8, 4) is 0 Å². The van der Waals surface area contributed by atoms with Crippen LogP contribution in [0.3, 0.4) is 0 Å². The smallest absolute Gasteiger partial charge is 0.265 e. The standard InChI is InChI=1S/C22H19N7O2S2/c23-20-16-10-25-29(21(16)27-22(24)26-20)14-9-13-5-1-3-7-17(13)28(11-14)33(30,31)19-12-32-18-8-4-2-6-15(18)19/h1-8,10,12,14H,9,11H2,(H4,23,24,26,27). The number of nitrogens with two attached hydrogens (primary N) is 2. The zero-order chi connectivity index (χ0) is 22.7. The number of aromatic nitrogens is 4. The summed E-state index contributed by atoms with van der Waals surface area (Å²) in [5.74, 6) is 0.293. The fourth-order valence-corrected chi connectivity index (χ4v) is 7.45. The molecule has 2 aromatic carbocycles. The van der Waals surface area contributed by atoms with Crippen molar-refractivity contribution < 1.29 is 8.42 Å². The molecule has 4 N–H and O–H groups in total. The van der Waals surface area contributed by atoms with Crippen molar-refractivity contribution in [3.63, 3.8) is 0 Å². The SMILES string of the molecule is Nc1nc(N)c2cnn(C3Cc4ccccc4N(S(=O)(=O)c4csc5ccccc45)C3)c2n1. The van der Waals surface area contributed by atoms with Crippen LogP contribution in [0.2, 0.25) is 0 Å². The van der Waals surface area contributed by atoms with Crippen molar-refractivity contribution in [2.75, 3.05) is 22.3 Å². The topological polar surface area (TPSA) is 133 Å². The molecule has 1 aliphatic heterocycles. The fraction of sp³-hybridized carbons (Fsp3) is 0.136. The first-order valence-electron chi connectivity index (χ1n) is 10.3. The lowest BCUT2D eigenvalue weighted by Gasteiger charge is -2.35. The van der Waals surface area contributed by atoms with Crippen LogP contribution in [0, 0.1) is 0 Å². The third-order valence-corrected chi connectivity index (χ3v) is 8.88. The monoisotopic (exact) mass is 477 g/mol. The first kappa shape index (κ1) is 19.9. The van der Waals surface area contributed by atoms with E-state index in [2.05, 4.69) is 15.1 Å². The highest BCUT2D eigenvalue weighted by molar-refractivity contribution is 7.93. The van der Waals surface area contributed by atoms with E-state index in [1.807, 2.05) is 48.5 Å². The minimum absolute atomic E-state index is 0.0483. The van der Waals surface area contributed by atoms with Gasteiger partial charge in [-0.3, -0.25) is 4.31 Å². The molecule has 33 heavy (non-hydrogen) atoms. The maximum Gasteiger partial charge on any atom is 0.265 e. The number of para-hydroxylation sites is 1. The van der Waals surface area contributed by atoms with E-state index in [1.165, 1.54) is 15.6 Å². The van der Waals surface area contributed by atoms with Crippen LogP contribution < -0.4 is 15.8 Å². The van der Waals surface area contributed by atoms with E-state index in [4.69, 9.17) is 11.5 Å². The summed E-state index contributed by atoms with van der Waals surface area (Å²) in [7, 11) is -3.83. The molecule has 11 heteroatoms. The fourth-order valence-electron chi connectivity index (χ4n) is 4.43. The van der Waals surface area contributed by atoms with Gasteiger partial charge in [-0.2, -0.15) is 15.1 Å². The molecule has 3 aromatic heterocycles. The highest BCUT2D eigenvalue weighted by Crippen LogP contribution is 2.39. The summed E-state index contributed by atoms with van der Waals surface area (Å²) in [6.45, 7) is 0.199. The third kappa shape index (κ3) is 3.04. The van der Waals surface area contributed by atoms with E-state index >= 15 is 0 Å². The van der Waals surface area contributed by atoms with Gasteiger partial charge in [-0.15, -0.1) is 11.3 Å². The Morgan fingerprint density at radius 2 is 1.79 bits per heavy atom. The minimum atomic E-state index is -3.83. The second-order valence-electron chi connectivity index (χ2n) is 7.91. The molecule has 0 spiro atoms. The third-order valence-electron chi connectivity index (χ3n) is 5.95. The summed E-state index contributed by atoms with van der Waals surface area (Å²) >= 11 is 1.42. The molecule has 0 saturated heterocycles. The van der Waals surface area contributed by atoms with E-state index in [-0.39, 0.29) is 24.4 Å². The Bertz CT molecular complexity index is 1640. The van der Waals surface area contributed by atoms with Gasteiger partial charge in [0.15, 0.2) is 5.65 Å². The second-order valence-corrected chi connectivity index (χ2v) is 10.7. The van der Waals surface area contributed by atoms with Crippen LogP contribution in [0.1, 0.15) is 11.6 Å². The van der Waals surface area contributed by atoms with Gasteiger partial charge in [0.25, 0.3) is 10.0 Å². The first-order chi connectivity index (χ1) is 15.9. The van der Waals surface area contributed by atoms with Crippen molar-refractivity contribution in [2.24, 2.45) is 0 Å². The Kier molecular flexibility index (Phi) is 4.32. The Hall–Kier alpha value is -3.70. The molecule has 0 radical (unpaired) electrons. The largest absolute Gasteiger partial charge is 0.383 e. The number of fused-ring (bicyclic) bond motifs is 3. The Balaban J connectivity index is 1.50. The van der Waals surface area contributed by atoms with Gasteiger partial charge >= 0.3 is 0 Å². The van der Waals surface area contributed by atoms with E-state index in [0.717, 1.165) is 15.6 Å². The number of anilines is 3. The predicted molar refractivity (Wildman–Crippen MR) is 130 cm³/mol. The van der Waals surface area contributed by atoms with Gasteiger partial charge in [-0.25, -0.2) is 13.1 Å². The van der Waals surface area contributed by atoms with Crippen LogP contribution in [-0.4, -0.2) is 34.7 Å². The molecule has 5 aromatic rings. The zero-order valence-corrected chi connectivity index (χ0v) is 18.9. The quantitative estimate of drug-likeness (QED) is 0.408. The van der Waals surface area contributed by atoms with Gasteiger partial charge in [0, 0.05) is 15.5 Å². The van der Waals surface area contributed by atoms with E-state index < -0.39 is 10.0 Å². The lowest BCUT2D eigenvalue weighted by atomic mass is 10.00. The average molecular weight is 478 g/mol. The molecule has 6 rings (SSSR count). The van der Waals surface area contributed by atoms with Gasteiger partial charge < -0.3 is 11.5 Å². The van der Waals surface area contributed by atoms with Crippen LogP contribution in [0.5, 0.6) is 0 Å². The molecule has 0 fully saturated rings. The molecule has 0 saturated carbocycles. The van der Waals surface area contributed by atoms with Crippen LogP contribution in [0.15, 0.2) is 65.0 Å². The Labute approximate surface area is 193 Å². The maximum absolute atomic E-state index is 13.9. The zero-order valence-electron chi connectivity index (χ0n) is 17.3. The number of hydrogen-bond acceptors (Lipinski definition) is 8. The van der Waals surface area contributed by atoms with Gasteiger partial charge in [0.05, 0.1) is 29.9 Å². The van der Waals surface area contributed by atoms with Crippen LogP contribution >= 0.6 is 11.3 Å². The molecular weight excluding hydrogens is 458 g/mol. The molecule has 166 valence electrons. The van der Waals surface area contributed by atoms with Crippen LogP contribution in [0.25, 0.3) is 21.1 Å². The van der Waals surface area contributed by atoms with Crippen molar-refractivity contribution in [1.82, 2.24) is 19.7 Å². The van der Waals surface area contributed by atoms with Crippen molar-refractivity contribution in [3.05, 3.63) is 65.7 Å². The number of thiophene rings is 1. The molecule has 0 bridgehead atoms.